The van der Waals surface area contributed by atoms with Crippen LogP contribution < -0.4 is 10.9 Å². The lowest BCUT2D eigenvalue weighted by Crippen LogP contribution is -2.37. The summed E-state index contributed by atoms with van der Waals surface area (Å²) < 4.78 is 21.2. The molecule has 0 aromatic heterocycles. The Kier molecular flexibility index (Phi) is 2.35. The van der Waals surface area contributed by atoms with Crippen LogP contribution in [-0.2, 0) is 10.2 Å². The van der Waals surface area contributed by atoms with Gasteiger partial charge in [0, 0.05) is 7.05 Å². The van der Waals surface area contributed by atoms with E-state index in [2.05, 4.69) is 5.14 Å². The van der Waals surface area contributed by atoms with Crippen molar-refractivity contribution in [3.8, 4) is 0 Å². The second-order valence-corrected chi connectivity index (χ2v) is 2.98. The van der Waals surface area contributed by atoms with E-state index in [1.165, 1.54) is 7.05 Å². The molecule has 0 heterocycles. The summed E-state index contributed by atoms with van der Waals surface area (Å²) in [6.07, 6.45) is 0. The molecule has 6 heteroatoms. The topological polar surface area (TPSA) is 89.4 Å². The summed E-state index contributed by atoms with van der Waals surface area (Å²) in [6.45, 7) is -0.0845. The molecule has 0 radical (unpaired) electrons. The Labute approximate surface area is 48.4 Å². The van der Waals surface area contributed by atoms with Crippen LogP contribution in [-0.4, -0.2) is 26.4 Å². The standard InChI is InChI=1S/C2H9N3O2S/c1-5(2-3)8(4,6)7/h2-3H2,1H3,(H2,4,6,7). The average Bonchev–Trinajstić information content (AvgIpc) is 1.62. The normalized spacial score (nSPS) is 12.5. The third kappa shape index (κ3) is 2.22. The molecule has 0 aliphatic rings. The number of nitrogens with zero attached hydrogens (tertiary/aromatic N) is 1. The van der Waals surface area contributed by atoms with Gasteiger partial charge < -0.3 is 5.73 Å². The summed E-state index contributed by atoms with van der Waals surface area (Å²) in [5, 5.41) is 4.61. The molecule has 0 fully saturated rings. The molecule has 0 saturated carbocycles. The summed E-state index contributed by atoms with van der Waals surface area (Å²) in [7, 11) is -2.24. The van der Waals surface area contributed by atoms with E-state index in [1.807, 2.05) is 0 Å². The second kappa shape index (κ2) is 2.40. The Hall–Kier alpha value is -0.170. The quantitative estimate of drug-likeness (QED) is 0.435. The second-order valence-electron chi connectivity index (χ2n) is 1.33. The molecule has 4 N–H and O–H groups in total. The van der Waals surface area contributed by atoms with Crippen molar-refractivity contribution in [2.24, 2.45) is 10.9 Å². The van der Waals surface area contributed by atoms with E-state index >= 15 is 0 Å². The van der Waals surface area contributed by atoms with Gasteiger partial charge >= 0.3 is 0 Å². The molecule has 0 aromatic carbocycles. The highest BCUT2D eigenvalue weighted by Crippen LogP contribution is 1.81. The Morgan fingerprint density at radius 1 is 1.62 bits per heavy atom. The van der Waals surface area contributed by atoms with Gasteiger partial charge in [-0.1, -0.05) is 0 Å². The lowest BCUT2D eigenvalue weighted by atomic mass is 11.1. The third-order valence-corrected chi connectivity index (χ3v) is 1.71. The average molecular weight is 139 g/mol. The van der Waals surface area contributed by atoms with E-state index in [1.54, 1.807) is 0 Å². The SMILES string of the molecule is CN(CN)S(N)(=O)=O. The summed E-state index contributed by atoms with van der Waals surface area (Å²) in [5.74, 6) is 0. The van der Waals surface area contributed by atoms with Gasteiger partial charge in [0.15, 0.2) is 0 Å². The van der Waals surface area contributed by atoms with Crippen LogP contribution in [0.5, 0.6) is 0 Å². The summed E-state index contributed by atoms with van der Waals surface area (Å²) in [6, 6.07) is 0. The summed E-state index contributed by atoms with van der Waals surface area (Å²) in [4.78, 5) is 0. The van der Waals surface area contributed by atoms with Crippen molar-refractivity contribution in [2.45, 2.75) is 0 Å². The van der Waals surface area contributed by atoms with Crippen molar-refractivity contribution in [3.63, 3.8) is 0 Å². The monoisotopic (exact) mass is 139 g/mol. The van der Waals surface area contributed by atoms with Crippen LogP contribution in [0.4, 0.5) is 0 Å². The maximum Gasteiger partial charge on any atom is 0.277 e. The molecular formula is C2H9N3O2S. The summed E-state index contributed by atoms with van der Waals surface area (Å²) >= 11 is 0. The Balaban J connectivity index is 4.04. The zero-order valence-electron chi connectivity index (χ0n) is 4.53. The molecular weight excluding hydrogens is 130 g/mol. The van der Waals surface area contributed by atoms with Gasteiger partial charge in [-0.3, -0.25) is 0 Å². The van der Waals surface area contributed by atoms with Crippen molar-refractivity contribution >= 4 is 10.2 Å². The van der Waals surface area contributed by atoms with Crippen molar-refractivity contribution < 1.29 is 8.42 Å². The number of nitrogens with two attached hydrogens (primary N) is 2. The van der Waals surface area contributed by atoms with Crippen molar-refractivity contribution in [2.75, 3.05) is 13.7 Å². The predicted octanol–water partition coefficient (Wildman–Crippen LogP) is -1.96. The predicted molar refractivity (Wildman–Crippen MR) is 29.9 cm³/mol. The van der Waals surface area contributed by atoms with Gasteiger partial charge in [-0.25, -0.2) is 5.14 Å². The highest BCUT2D eigenvalue weighted by atomic mass is 32.2. The number of hydrogen-bond acceptors (Lipinski definition) is 3. The molecule has 0 unspecified atom stereocenters. The van der Waals surface area contributed by atoms with Gasteiger partial charge in [0.1, 0.15) is 0 Å². The lowest BCUT2D eigenvalue weighted by molar-refractivity contribution is 0.480. The molecule has 50 valence electrons. The lowest BCUT2D eigenvalue weighted by Gasteiger charge is -2.07. The summed E-state index contributed by atoms with van der Waals surface area (Å²) in [5.41, 5.74) is 4.92. The molecule has 0 aromatic rings. The van der Waals surface area contributed by atoms with Crippen molar-refractivity contribution in [1.29, 1.82) is 0 Å². The fraction of sp³-hybridized carbons (Fsp3) is 1.00. The van der Waals surface area contributed by atoms with E-state index in [0.29, 0.717) is 0 Å². The third-order valence-electron chi connectivity index (χ3n) is 0.692. The molecule has 0 rings (SSSR count). The first-order chi connectivity index (χ1) is 3.48. The van der Waals surface area contributed by atoms with Crippen molar-refractivity contribution in [1.82, 2.24) is 4.31 Å². The first-order valence-electron chi connectivity index (χ1n) is 1.92. The van der Waals surface area contributed by atoms with E-state index < -0.39 is 10.2 Å². The minimum absolute atomic E-state index is 0.0845. The van der Waals surface area contributed by atoms with Crippen molar-refractivity contribution in [3.05, 3.63) is 0 Å². The van der Waals surface area contributed by atoms with Gasteiger partial charge in [-0.05, 0) is 0 Å². The Morgan fingerprint density at radius 2 is 2.00 bits per heavy atom. The van der Waals surface area contributed by atoms with Gasteiger partial charge in [0.25, 0.3) is 10.2 Å². The van der Waals surface area contributed by atoms with Crippen LogP contribution in [0.15, 0.2) is 0 Å². The van der Waals surface area contributed by atoms with E-state index in [0.717, 1.165) is 4.31 Å². The number of rotatable bonds is 2. The van der Waals surface area contributed by atoms with E-state index in [-0.39, 0.29) is 6.67 Å². The van der Waals surface area contributed by atoms with Gasteiger partial charge in [-0.2, -0.15) is 12.7 Å². The largest absolute Gasteiger partial charge is 0.317 e. The molecule has 5 nitrogen and oxygen atoms in total. The first kappa shape index (κ1) is 7.83. The maximum atomic E-state index is 10.2. The highest BCUT2D eigenvalue weighted by Gasteiger charge is 2.06. The van der Waals surface area contributed by atoms with E-state index in [9.17, 15) is 8.42 Å². The van der Waals surface area contributed by atoms with Crippen LogP contribution >= 0.6 is 0 Å². The Morgan fingerprint density at radius 3 is 2.00 bits per heavy atom. The minimum Gasteiger partial charge on any atom is -0.317 e. The number of hydrogen-bond donors (Lipinski definition) is 2. The molecule has 0 aliphatic carbocycles. The molecule has 0 bridgehead atoms. The Bertz CT molecular complexity index is 151. The molecule has 0 aliphatic heterocycles. The van der Waals surface area contributed by atoms with Crippen LogP contribution in [0.1, 0.15) is 0 Å². The molecule has 0 spiro atoms. The van der Waals surface area contributed by atoms with Crippen LogP contribution in [0, 0.1) is 0 Å². The maximum absolute atomic E-state index is 10.2. The highest BCUT2D eigenvalue weighted by molar-refractivity contribution is 7.86. The van der Waals surface area contributed by atoms with E-state index in [4.69, 9.17) is 5.73 Å². The first-order valence-corrected chi connectivity index (χ1v) is 3.43. The van der Waals surface area contributed by atoms with Crippen LogP contribution in [0.2, 0.25) is 0 Å². The van der Waals surface area contributed by atoms with Gasteiger partial charge in [0.2, 0.25) is 0 Å². The minimum atomic E-state index is -3.54. The van der Waals surface area contributed by atoms with Gasteiger partial charge in [-0.15, -0.1) is 0 Å². The molecule has 0 amide bonds. The van der Waals surface area contributed by atoms with Crippen LogP contribution in [0.3, 0.4) is 0 Å². The fourth-order valence-corrected chi connectivity index (χ4v) is 0.312. The zero-order valence-corrected chi connectivity index (χ0v) is 5.35. The molecule has 0 atom stereocenters. The van der Waals surface area contributed by atoms with Gasteiger partial charge in [0.05, 0.1) is 6.67 Å². The smallest absolute Gasteiger partial charge is 0.277 e. The zero-order chi connectivity index (χ0) is 6.78. The van der Waals surface area contributed by atoms with Crippen LogP contribution in [0.25, 0.3) is 0 Å². The molecule has 8 heavy (non-hydrogen) atoms. The molecule has 0 saturated heterocycles. The fourth-order valence-electron chi connectivity index (χ4n) is 0.104.